The summed E-state index contributed by atoms with van der Waals surface area (Å²) in [6, 6.07) is 1.57. The lowest BCUT2D eigenvalue weighted by Gasteiger charge is -2.21. The van der Waals surface area contributed by atoms with Gasteiger partial charge in [0.15, 0.2) is 0 Å². The molecule has 2 rings (SSSR count). The fourth-order valence-electron chi connectivity index (χ4n) is 2.78. The highest BCUT2D eigenvalue weighted by Crippen LogP contribution is 2.28. The molecule has 1 saturated heterocycles. The standard InChI is InChI=1S/C14H20N4O3/c1-4-15-13-6-11(12(7-16-13)18(20)21)14(19)17-8-9(2)5-10(17)3/h6-7,9-10H,4-5,8H2,1-3H3,(H,15,16). The van der Waals surface area contributed by atoms with Gasteiger partial charge in [-0.1, -0.05) is 6.92 Å². The number of hydrogen-bond donors (Lipinski definition) is 1. The number of amides is 1. The summed E-state index contributed by atoms with van der Waals surface area (Å²) in [5.74, 6) is 0.601. The molecule has 0 radical (unpaired) electrons. The summed E-state index contributed by atoms with van der Waals surface area (Å²) in [5, 5.41) is 14.1. The zero-order valence-electron chi connectivity index (χ0n) is 12.5. The Labute approximate surface area is 123 Å². The minimum absolute atomic E-state index is 0.0999. The maximum atomic E-state index is 12.7. The highest BCUT2D eigenvalue weighted by atomic mass is 16.6. The fourth-order valence-corrected chi connectivity index (χ4v) is 2.78. The van der Waals surface area contributed by atoms with Crippen molar-refractivity contribution < 1.29 is 9.72 Å². The molecule has 7 nitrogen and oxygen atoms in total. The lowest BCUT2D eigenvalue weighted by Crippen LogP contribution is -2.34. The van der Waals surface area contributed by atoms with Gasteiger partial charge < -0.3 is 10.2 Å². The summed E-state index contributed by atoms with van der Waals surface area (Å²) in [7, 11) is 0. The number of aromatic nitrogens is 1. The maximum absolute atomic E-state index is 12.7. The average molecular weight is 292 g/mol. The zero-order chi connectivity index (χ0) is 15.6. The highest BCUT2D eigenvalue weighted by molar-refractivity contribution is 5.99. The molecule has 1 aromatic rings. The second kappa shape index (κ2) is 6.07. The number of nitrogens with zero attached hydrogens (tertiary/aromatic N) is 3. The van der Waals surface area contributed by atoms with E-state index in [9.17, 15) is 14.9 Å². The number of nitrogens with one attached hydrogen (secondary N) is 1. The normalized spacial score (nSPS) is 21.4. The minimum Gasteiger partial charge on any atom is -0.370 e. The molecule has 0 saturated carbocycles. The molecular formula is C14H20N4O3. The SMILES string of the molecule is CCNc1cc(C(=O)N2CC(C)CC2C)c([N+](=O)[O-])cn1. The van der Waals surface area contributed by atoms with Crippen LogP contribution < -0.4 is 5.32 Å². The zero-order valence-corrected chi connectivity index (χ0v) is 12.5. The second-order valence-corrected chi connectivity index (χ2v) is 5.52. The van der Waals surface area contributed by atoms with Gasteiger partial charge >= 0.3 is 0 Å². The summed E-state index contributed by atoms with van der Waals surface area (Å²) in [5.41, 5.74) is -0.139. The minimum atomic E-state index is -0.555. The van der Waals surface area contributed by atoms with E-state index in [4.69, 9.17) is 0 Å². The Kier molecular flexibility index (Phi) is 4.40. The molecule has 0 spiro atoms. The Morgan fingerprint density at radius 2 is 2.29 bits per heavy atom. The third-order valence-electron chi connectivity index (χ3n) is 3.71. The maximum Gasteiger partial charge on any atom is 0.300 e. The average Bonchev–Trinajstić information content (AvgIpc) is 2.77. The predicted molar refractivity (Wildman–Crippen MR) is 79.3 cm³/mol. The molecule has 0 bridgehead atoms. The van der Waals surface area contributed by atoms with Gasteiger partial charge in [0.2, 0.25) is 0 Å². The second-order valence-electron chi connectivity index (χ2n) is 5.52. The first kappa shape index (κ1) is 15.2. The summed E-state index contributed by atoms with van der Waals surface area (Å²) < 4.78 is 0. The molecule has 21 heavy (non-hydrogen) atoms. The van der Waals surface area contributed by atoms with Crippen LogP contribution in [0.4, 0.5) is 11.5 Å². The van der Waals surface area contributed by atoms with E-state index in [-0.39, 0.29) is 23.2 Å². The molecule has 1 fully saturated rings. The monoisotopic (exact) mass is 292 g/mol. The van der Waals surface area contributed by atoms with Crippen molar-refractivity contribution in [2.24, 2.45) is 5.92 Å². The number of pyridine rings is 1. The van der Waals surface area contributed by atoms with Crippen molar-refractivity contribution >= 4 is 17.4 Å². The van der Waals surface area contributed by atoms with Crippen LogP contribution in [0.2, 0.25) is 0 Å². The van der Waals surface area contributed by atoms with Crippen molar-refractivity contribution in [3.05, 3.63) is 27.9 Å². The first-order valence-corrected chi connectivity index (χ1v) is 7.13. The van der Waals surface area contributed by atoms with E-state index in [1.807, 2.05) is 13.8 Å². The van der Waals surface area contributed by atoms with Gasteiger partial charge in [-0.25, -0.2) is 4.98 Å². The van der Waals surface area contributed by atoms with E-state index in [1.54, 1.807) is 4.90 Å². The topological polar surface area (TPSA) is 88.4 Å². The highest BCUT2D eigenvalue weighted by Gasteiger charge is 2.34. The van der Waals surface area contributed by atoms with E-state index < -0.39 is 4.92 Å². The molecule has 1 aromatic heterocycles. The van der Waals surface area contributed by atoms with Gasteiger partial charge in [0.1, 0.15) is 17.6 Å². The van der Waals surface area contributed by atoms with Crippen molar-refractivity contribution in [3.8, 4) is 0 Å². The lowest BCUT2D eigenvalue weighted by molar-refractivity contribution is -0.385. The third kappa shape index (κ3) is 3.12. The number of nitro groups is 1. The molecule has 7 heteroatoms. The van der Waals surface area contributed by atoms with Crippen LogP contribution in [-0.4, -0.2) is 39.8 Å². The van der Waals surface area contributed by atoms with Crippen LogP contribution in [0.15, 0.2) is 12.3 Å². The first-order valence-electron chi connectivity index (χ1n) is 7.13. The molecule has 1 aliphatic rings. The Balaban J connectivity index is 2.37. The number of carbonyl (C=O) groups excluding carboxylic acids is 1. The van der Waals surface area contributed by atoms with E-state index >= 15 is 0 Å². The number of likely N-dealkylation sites (tertiary alicyclic amines) is 1. The fraction of sp³-hybridized carbons (Fsp3) is 0.571. The third-order valence-corrected chi connectivity index (χ3v) is 3.71. The largest absolute Gasteiger partial charge is 0.370 e. The van der Waals surface area contributed by atoms with Crippen molar-refractivity contribution in [2.75, 3.05) is 18.4 Å². The van der Waals surface area contributed by atoms with Gasteiger partial charge in [0.05, 0.1) is 4.92 Å². The van der Waals surface area contributed by atoms with Crippen molar-refractivity contribution in [2.45, 2.75) is 33.2 Å². The van der Waals surface area contributed by atoms with Crippen LogP contribution >= 0.6 is 0 Å². The number of carbonyl (C=O) groups is 1. The number of hydrogen-bond acceptors (Lipinski definition) is 5. The quantitative estimate of drug-likeness (QED) is 0.679. The van der Waals surface area contributed by atoms with Gasteiger partial charge in [-0.15, -0.1) is 0 Å². The summed E-state index contributed by atoms with van der Waals surface area (Å²) in [6.45, 7) is 7.22. The number of anilines is 1. The lowest BCUT2D eigenvalue weighted by atomic mass is 10.1. The van der Waals surface area contributed by atoms with Crippen LogP contribution in [0.25, 0.3) is 0 Å². The smallest absolute Gasteiger partial charge is 0.300 e. The number of rotatable bonds is 4. The molecule has 2 atom stereocenters. The first-order chi connectivity index (χ1) is 9.93. The van der Waals surface area contributed by atoms with Crippen LogP contribution in [0, 0.1) is 16.0 Å². The van der Waals surface area contributed by atoms with Gasteiger partial charge in [0.25, 0.3) is 11.6 Å². The van der Waals surface area contributed by atoms with Crippen LogP contribution in [0.1, 0.15) is 37.6 Å². The molecule has 2 unspecified atom stereocenters. The van der Waals surface area contributed by atoms with Crippen molar-refractivity contribution in [1.82, 2.24) is 9.88 Å². The molecule has 1 aliphatic heterocycles. The summed E-state index contributed by atoms with van der Waals surface area (Å²) >= 11 is 0. The van der Waals surface area contributed by atoms with E-state index in [0.29, 0.717) is 24.8 Å². The Morgan fingerprint density at radius 1 is 1.57 bits per heavy atom. The van der Waals surface area contributed by atoms with Gasteiger partial charge in [-0.05, 0) is 26.2 Å². The Morgan fingerprint density at radius 3 is 2.81 bits per heavy atom. The van der Waals surface area contributed by atoms with E-state index in [0.717, 1.165) is 12.6 Å². The summed E-state index contributed by atoms with van der Waals surface area (Å²) in [6.07, 6.45) is 2.07. The van der Waals surface area contributed by atoms with Gasteiger partial charge in [0, 0.05) is 25.2 Å². The molecule has 0 aliphatic carbocycles. The summed E-state index contributed by atoms with van der Waals surface area (Å²) in [4.78, 5) is 28.9. The van der Waals surface area contributed by atoms with E-state index in [1.165, 1.54) is 6.07 Å². The van der Waals surface area contributed by atoms with E-state index in [2.05, 4.69) is 17.2 Å². The van der Waals surface area contributed by atoms with Crippen molar-refractivity contribution in [1.29, 1.82) is 0 Å². The molecule has 2 heterocycles. The molecule has 1 N–H and O–H groups in total. The van der Waals surface area contributed by atoms with Crippen LogP contribution in [0.5, 0.6) is 0 Å². The molecule has 1 amide bonds. The van der Waals surface area contributed by atoms with Gasteiger partial charge in [-0.2, -0.15) is 0 Å². The predicted octanol–water partition coefficient (Wildman–Crippen LogP) is 2.29. The Bertz CT molecular complexity index is 561. The molecule has 114 valence electrons. The van der Waals surface area contributed by atoms with Crippen LogP contribution in [-0.2, 0) is 0 Å². The van der Waals surface area contributed by atoms with Crippen molar-refractivity contribution in [3.63, 3.8) is 0 Å². The molecule has 0 aromatic carbocycles. The Hall–Kier alpha value is -2.18. The van der Waals surface area contributed by atoms with Crippen LogP contribution in [0.3, 0.4) is 0 Å². The molecular weight excluding hydrogens is 272 g/mol. The van der Waals surface area contributed by atoms with Gasteiger partial charge in [-0.3, -0.25) is 14.9 Å².